The Bertz CT molecular complexity index is 775. The van der Waals surface area contributed by atoms with E-state index in [-0.39, 0.29) is 0 Å². The van der Waals surface area contributed by atoms with Crippen LogP contribution in [0.4, 0.5) is 11.6 Å². The van der Waals surface area contributed by atoms with Crippen LogP contribution in [0.15, 0.2) is 60.8 Å². The highest BCUT2D eigenvalue weighted by atomic mass is 35.5. The molecule has 0 saturated carbocycles. The third-order valence-corrected chi connectivity index (χ3v) is 3.48. The van der Waals surface area contributed by atoms with Crippen LogP contribution < -0.4 is 10.1 Å². The molecule has 0 spiro atoms. The summed E-state index contributed by atoms with van der Waals surface area (Å²) >= 11 is 6.21. The third kappa shape index (κ3) is 3.18. The lowest BCUT2D eigenvalue weighted by Gasteiger charge is -2.08. The van der Waals surface area contributed by atoms with Crippen LogP contribution >= 0.6 is 11.6 Å². The van der Waals surface area contributed by atoms with Crippen molar-refractivity contribution in [2.45, 2.75) is 0 Å². The van der Waals surface area contributed by atoms with Gasteiger partial charge in [-0.25, -0.2) is 9.97 Å². The van der Waals surface area contributed by atoms with Gasteiger partial charge in [-0.3, -0.25) is 0 Å². The molecule has 0 fully saturated rings. The second-order valence-electron chi connectivity index (χ2n) is 4.60. The van der Waals surface area contributed by atoms with E-state index in [0.29, 0.717) is 11.0 Å². The lowest BCUT2D eigenvalue weighted by molar-refractivity contribution is 0.415. The Labute approximate surface area is 133 Å². The number of hydrogen-bond donors (Lipinski definition) is 1. The van der Waals surface area contributed by atoms with Gasteiger partial charge >= 0.3 is 0 Å². The molecule has 0 aliphatic carbocycles. The molecular formula is C17H14ClN3O. The van der Waals surface area contributed by atoms with E-state index in [1.165, 1.54) is 0 Å². The molecule has 2 aromatic carbocycles. The summed E-state index contributed by atoms with van der Waals surface area (Å²) in [5, 5.41) is 3.83. The van der Waals surface area contributed by atoms with Crippen molar-refractivity contribution in [1.29, 1.82) is 0 Å². The maximum absolute atomic E-state index is 6.21. The van der Waals surface area contributed by atoms with Crippen molar-refractivity contribution in [2.24, 2.45) is 0 Å². The first kappa shape index (κ1) is 14.4. The molecule has 0 bridgehead atoms. The Hall–Kier alpha value is -2.59. The summed E-state index contributed by atoms with van der Waals surface area (Å²) in [4.78, 5) is 8.74. The summed E-state index contributed by atoms with van der Waals surface area (Å²) in [6.45, 7) is 0. The van der Waals surface area contributed by atoms with Gasteiger partial charge in [-0.15, -0.1) is 0 Å². The molecule has 1 heterocycles. The first-order valence-corrected chi connectivity index (χ1v) is 7.13. The molecule has 0 atom stereocenters. The van der Waals surface area contributed by atoms with Crippen LogP contribution in [-0.2, 0) is 0 Å². The number of benzene rings is 2. The molecule has 3 aromatic rings. The first-order chi connectivity index (χ1) is 10.8. The zero-order valence-electron chi connectivity index (χ0n) is 12.0. The minimum atomic E-state index is 0.516. The summed E-state index contributed by atoms with van der Waals surface area (Å²) in [6.07, 6.45) is 1.71. The van der Waals surface area contributed by atoms with E-state index in [9.17, 15) is 0 Å². The molecule has 0 amide bonds. The van der Waals surface area contributed by atoms with Gasteiger partial charge in [-0.1, -0.05) is 29.8 Å². The smallest absolute Gasteiger partial charge is 0.227 e. The highest BCUT2D eigenvalue weighted by Gasteiger charge is 2.06. The van der Waals surface area contributed by atoms with Crippen molar-refractivity contribution < 1.29 is 4.74 Å². The summed E-state index contributed by atoms with van der Waals surface area (Å²) in [5.41, 5.74) is 2.54. The predicted octanol–water partition coefficient (Wildman–Crippen LogP) is 4.55. The number of nitrogens with zero attached hydrogens (tertiary/aromatic N) is 2. The van der Waals surface area contributed by atoms with Gasteiger partial charge in [-0.05, 0) is 36.4 Å². The molecule has 22 heavy (non-hydrogen) atoms. The molecule has 0 unspecified atom stereocenters. The van der Waals surface area contributed by atoms with Gasteiger partial charge in [0.1, 0.15) is 5.75 Å². The molecule has 5 heteroatoms. The quantitative estimate of drug-likeness (QED) is 0.768. The van der Waals surface area contributed by atoms with E-state index in [1.54, 1.807) is 13.3 Å². The predicted molar refractivity (Wildman–Crippen MR) is 88.8 cm³/mol. The van der Waals surface area contributed by atoms with Crippen molar-refractivity contribution in [1.82, 2.24) is 9.97 Å². The fourth-order valence-corrected chi connectivity index (χ4v) is 2.27. The Morgan fingerprint density at radius 1 is 1.00 bits per heavy atom. The van der Waals surface area contributed by atoms with Crippen LogP contribution in [0.1, 0.15) is 0 Å². The normalized spacial score (nSPS) is 10.3. The van der Waals surface area contributed by atoms with E-state index in [1.807, 2.05) is 54.6 Å². The molecule has 0 saturated heterocycles. The molecule has 1 aromatic heterocycles. The molecular weight excluding hydrogens is 298 g/mol. The highest BCUT2D eigenvalue weighted by Crippen LogP contribution is 2.26. The molecule has 4 nitrogen and oxygen atoms in total. The summed E-state index contributed by atoms with van der Waals surface area (Å²) in [5.74, 6) is 1.32. The van der Waals surface area contributed by atoms with E-state index in [0.717, 1.165) is 22.7 Å². The number of nitrogens with one attached hydrogen (secondary N) is 1. The van der Waals surface area contributed by atoms with Gasteiger partial charge in [0.25, 0.3) is 0 Å². The number of aromatic nitrogens is 2. The van der Waals surface area contributed by atoms with Crippen molar-refractivity contribution in [3.05, 3.63) is 65.8 Å². The minimum Gasteiger partial charge on any atom is -0.497 e. The van der Waals surface area contributed by atoms with E-state index >= 15 is 0 Å². The summed E-state index contributed by atoms with van der Waals surface area (Å²) in [6, 6.07) is 17.0. The second-order valence-corrected chi connectivity index (χ2v) is 5.01. The van der Waals surface area contributed by atoms with Crippen LogP contribution in [0.2, 0.25) is 5.02 Å². The molecule has 0 radical (unpaired) electrons. The maximum Gasteiger partial charge on any atom is 0.227 e. The second kappa shape index (κ2) is 6.45. The zero-order chi connectivity index (χ0) is 15.4. The summed E-state index contributed by atoms with van der Waals surface area (Å²) in [7, 11) is 1.64. The van der Waals surface area contributed by atoms with Crippen LogP contribution in [0, 0.1) is 0 Å². The van der Waals surface area contributed by atoms with Gasteiger partial charge in [0.05, 0.1) is 12.8 Å². The zero-order valence-corrected chi connectivity index (χ0v) is 12.7. The van der Waals surface area contributed by atoms with Gasteiger partial charge < -0.3 is 10.1 Å². The van der Waals surface area contributed by atoms with E-state index in [4.69, 9.17) is 16.3 Å². The van der Waals surface area contributed by atoms with Crippen molar-refractivity contribution in [3.8, 4) is 17.0 Å². The fraction of sp³-hybridized carbons (Fsp3) is 0.0588. The summed E-state index contributed by atoms with van der Waals surface area (Å²) < 4.78 is 5.14. The molecule has 1 N–H and O–H groups in total. The van der Waals surface area contributed by atoms with Crippen molar-refractivity contribution in [2.75, 3.05) is 12.4 Å². The third-order valence-electron chi connectivity index (χ3n) is 3.15. The Kier molecular flexibility index (Phi) is 4.21. The standard InChI is InChI=1S/C17H14ClN3O/c1-22-13-8-6-12(7-9-13)20-17-19-11-10-16(21-17)14-4-2-3-5-15(14)18/h2-11H,1H3,(H,19,20,21). The number of rotatable bonds is 4. The average molecular weight is 312 g/mol. The lowest BCUT2D eigenvalue weighted by atomic mass is 10.1. The monoisotopic (exact) mass is 311 g/mol. The minimum absolute atomic E-state index is 0.516. The number of methoxy groups -OCH3 is 1. The first-order valence-electron chi connectivity index (χ1n) is 6.75. The Morgan fingerprint density at radius 2 is 1.77 bits per heavy atom. The van der Waals surface area contributed by atoms with Crippen molar-refractivity contribution >= 4 is 23.2 Å². The number of ether oxygens (including phenoxy) is 1. The highest BCUT2D eigenvalue weighted by molar-refractivity contribution is 6.33. The van der Waals surface area contributed by atoms with Gasteiger partial charge in [0.2, 0.25) is 5.95 Å². The van der Waals surface area contributed by atoms with E-state index in [2.05, 4.69) is 15.3 Å². The molecule has 0 aliphatic rings. The SMILES string of the molecule is COc1ccc(Nc2nccc(-c3ccccc3Cl)n2)cc1. The largest absolute Gasteiger partial charge is 0.497 e. The molecule has 110 valence electrons. The fourth-order valence-electron chi connectivity index (χ4n) is 2.04. The van der Waals surface area contributed by atoms with E-state index < -0.39 is 0 Å². The van der Waals surface area contributed by atoms with Crippen LogP contribution in [0.5, 0.6) is 5.75 Å². The lowest BCUT2D eigenvalue weighted by Crippen LogP contribution is -1.98. The van der Waals surface area contributed by atoms with Crippen LogP contribution in [0.25, 0.3) is 11.3 Å². The maximum atomic E-state index is 6.21. The van der Waals surface area contributed by atoms with Gasteiger partial charge in [-0.2, -0.15) is 0 Å². The number of hydrogen-bond acceptors (Lipinski definition) is 4. The van der Waals surface area contributed by atoms with Crippen LogP contribution in [-0.4, -0.2) is 17.1 Å². The van der Waals surface area contributed by atoms with Gasteiger partial charge in [0.15, 0.2) is 0 Å². The molecule has 3 rings (SSSR count). The number of anilines is 2. The van der Waals surface area contributed by atoms with Crippen LogP contribution in [0.3, 0.4) is 0 Å². The van der Waals surface area contributed by atoms with Gasteiger partial charge in [0, 0.05) is 22.5 Å². The van der Waals surface area contributed by atoms with Crippen molar-refractivity contribution in [3.63, 3.8) is 0 Å². The molecule has 0 aliphatic heterocycles. The average Bonchev–Trinajstić information content (AvgIpc) is 2.56. The number of halogens is 1. The Morgan fingerprint density at radius 3 is 2.50 bits per heavy atom. The topological polar surface area (TPSA) is 47.0 Å². The Balaban J connectivity index is 1.86.